The lowest BCUT2D eigenvalue weighted by molar-refractivity contribution is 0.130. The van der Waals surface area contributed by atoms with E-state index in [9.17, 15) is 0 Å². The van der Waals surface area contributed by atoms with E-state index in [4.69, 9.17) is 14.6 Å². The lowest BCUT2D eigenvalue weighted by Crippen LogP contribution is -2.02. The smallest absolute Gasteiger partial charge is 0.286 e. The molecule has 0 saturated heterocycles. The summed E-state index contributed by atoms with van der Waals surface area (Å²) in [4.78, 5) is 7.68. The fourth-order valence-corrected chi connectivity index (χ4v) is 0.813. The summed E-state index contributed by atoms with van der Waals surface area (Å²) < 4.78 is 9.84. The Bertz CT molecular complexity index is 364. The molecule has 0 atom stereocenters. The molecule has 0 saturated carbocycles. The van der Waals surface area contributed by atoms with Gasteiger partial charge in [-0.15, -0.1) is 0 Å². The van der Waals surface area contributed by atoms with Gasteiger partial charge in [-0.2, -0.15) is 0 Å². The average molecular weight is 178 g/mol. The van der Waals surface area contributed by atoms with Crippen LogP contribution in [0.25, 0.3) is 0 Å². The molecule has 0 aromatic heterocycles. The van der Waals surface area contributed by atoms with Crippen molar-refractivity contribution in [3.63, 3.8) is 0 Å². The van der Waals surface area contributed by atoms with E-state index in [0.717, 1.165) is 0 Å². The number of rotatable bonds is 0. The predicted octanol–water partition coefficient (Wildman–Crippen LogP) is 1.23. The molecule has 0 radical (unpaired) electrons. The topological polar surface area (TPSA) is 63.4 Å². The maximum atomic E-state index is 9.00. The molecule has 0 bridgehead atoms. The molecule has 2 aliphatic heterocycles. The average Bonchev–Trinajstić information content (AvgIpc) is 2.19. The first-order valence-electron chi connectivity index (χ1n) is 3.57. The number of ether oxygens (including phenoxy) is 2. The highest BCUT2D eigenvalue weighted by molar-refractivity contribution is 5.74. The van der Waals surface area contributed by atoms with Gasteiger partial charge < -0.3 is 14.6 Å². The third-order valence-electron chi connectivity index (χ3n) is 1.33. The van der Waals surface area contributed by atoms with Crippen LogP contribution in [0.3, 0.4) is 0 Å². The van der Waals surface area contributed by atoms with E-state index in [2.05, 4.69) is 9.98 Å². The van der Waals surface area contributed by atoms with Crippen molar-refractivity contribution >= 4 is 12.4 Å². The van der Waals surface area contributed by atoms with Crippen molar-refractivity contribution in [1.82, 2.24) is 0 Å². The van der Waals surface area contributed by atoms with Gasteiger partial charge in [0.2, 0.25) is 0 Å². The summed E-state index contributed by atoms with van der Waals surface area (Å²) in [5.74, 6) is 0.129. The van der Waals surface area contributed by atoms with Gasteiger partial charge in [-0.1, -0.05) is 0 Å². The maximum absolute atomic E-state index is 9.00. The lowest BCUT2D eigenvalue weighted by Gasteiger charge is -2.10. The molecule has 0 fully saturated rings. The fourth-order valence-electron chi connectivity index (χ4n) is 0.813. The zero-order chi connectivity index (χ0) is 9.10. The van der Waals surface area contributed by atoms with Crippen molar-refractivity contribution in [2.45, 2.75) is 0 Å². The van der Waals surface area contributed by atoms with E-state index in [0.29, 0.717) is 0 Å². The summed E-state index contributed by atoms with van der Waals surface area (Å²) >= 11 is 0. The summed E-state index contributed by atoms with van der Waals surface area (Å²) in [5.41, 5.74) is 0. The normalized spacial score (nSPS) is 25.1. The molecule has 1 N–H and O–H groups in total. The Morgan fingerprint density at radius 3 is 2.69 bits per heavy atom. The first-order chi connectivity index (χ1) is 6.36. The van der Waals surface area contributed by atoms with Crippen molar-refractivity contribution in [2.75, 3.05) is 0 Å². The molecule has 13 heavy (non-hydrogen) atoms. The van der Waals surface area contributed by atoms with E-state index in [1.807, 2.05) is 0 Å². The van der Waals surface area contributed by atoms with E-state index in [1.165, 1.54) is 18.6 Å². The number of aliphatic hydroxyl groups excluding tert-OH is 1. The number of hydrogen-bond acceptors (Lipinski definition) is 5. The number of allylic oxidation sites excluding steroid dienone is 2. The molecule has 0 aliphatic carbocycles. The molecule has 66 valence electrons. The van der Waals surface area contributed by atoms with E-state index in [1.54, 1.807) is 12.3 Å². The Morgan fingerprint density at radius 2 is 2.00 bits per heavy atom. The van der Waals surface area contributed by atoms with Crippen LogP contribution in [0.15, 0.2) is 46.1 Å². The zero-order valence-electron chi connectivity index (χ0n) is 6.54. The number of nitrogens with zero attached hydrogens (tertiary/aromatic N) is 2. The third kappa shape index (κ3) is 1.58. The van der Waals surface area contributed by atoms with Crippen LogP contribution in [-0.2, 0) is 9.47 Å². The van der Waals surface area contributed by atoms with Gasteiger partial charge in [0.25, 0.3) is 17.7 Å². The third-order valence-corrected chi connectivity index (χ3v) is 1.33. The van der Waals surface area contributed by atoms with Crippen molar-refractivity contribution < 1.29 is 14.6 Å². The summed E-state index contributed by atoms with van der Waals surface area (Å²) in [5, 5.41) is 9.00. The van der Waals surface area contributed by atoms with Gasteiger partial charge >= 0.3 is 0 Å². The van der Waals surface area contributed by atoms with Crippen molar-refractivity contribution in [2.24, 2.45) is 9.98 Å². The lowest BCUT2D eigenvalue weighted by atomic mass is 10.5. The van der Waals surface area contributed by atoms with Crippen molar-refractivity contribution in [3.8, 4) is 0 Å². The highest BCUT2D eigenvalue weighted by atomic mass is 16.6. The Morgan fingerprint density at radius 1 is 1.15 bits per heavy atom. The Labute approximate surface area is 74.0 Å². The van der Waals surface area contributed by atoms with Gasteiger partial charge in [-0.05, 0) is 6.08 Å². The standard InChI is InChI=1S/C8H6N2O3/c11-6-2-4-10-8(13-6)7-9-3-1-5-12-7/h1-5,11H. The maximum Gasteiger partial charge on any atom is 0.286 e. The molecule has 0 aromatic carbocycles. The van der Waals surface area contributed by atoms with Crippen LogP contribution in [0.5, 0.6) is 0 Å². The van der Waals surface area contributed by atoms with E-state index >= 15 is 0 Å². The van der Waals surface area contributed by atoms with E-state index < -0.39 is 0 Å². The summed E-state index contributed by atoms with van der Waals surface area (Å²) in [6, 6.07) is 0. The van der Waals surface area contributed by atoms with Crippen molar-refractivity contribution in [1.29, 1.82) is 0 Å². The molecular formula is C8H6N2O3. The summed E-state index contributed by atoms with van der Waals surface area (Å²) in [6.07, 6.45) is 7.35. The fraction of sp³-hybridized carbons (Fsp3) is 0. The van der Waals surface area contributed by atoms with Crippen molar-refractivity contribution in [3.05, 3.63) is 36.1 Å². The summed E-state index contributed by atoms with van der Waals surface area (Å²) in [7, 11) is 0. The van der Waals surface area contributed by atoms with Gasteiger partial charge in [0.15, 0.2) is 0 Å². The SMILES string of the molecule is OC1=CC=NC(=C2N=CC=CO2)O1. The van der Waals surface area contributed by atoms with E-state index in [-0.39, 0.29) is 17.7 Å². The zero-order valence-corrected chi connectivity index (χ0v) is 6.54. The van der Waals surface area contributed by atoms with Gasteiger partial charge in [0.05, 0.1) is 6.26 Å². The van der Waals surface area contributed by atoms with Crippen LogP contribution in [0.4, 0.5) is 0 Å². The second-order valence-electron chi connectivity index (χ2n) is 2.22. The van der Waals surface area contributed by atoms with Gasteiger partial charge in [0.1, 0.15) is 0 Å². The quantitative estimate of drug-likeness (QED) is 0.606. The first-order valence-corrected chi connectivity index (χ1v) is 3.57. The Hall–Kier alpha value is -2.04. The highest BCUT2D eigenvalue weighted by Crippen LogP contribution is 2.17. The molecule has 2 rings (SSSR count). The molecule has 0 aromatic rings. The second kappa shape index (κ2) is 3.14. The minimum Gasteiger partial charge on any atom is -0.481 e. The van der Waals surface area contributed by atoms with Gasteiger partial charge in [-0.3, -0.25) is 0 Å². The molecule has 2 heterocycles. The first kappa shape index (κ1) is 7.60. The van der Waals surface area contributed by atoms with Gasteiger partial charge in [-0.25, -0.2) is 9.98 Å². The minimum absolute atomic E-state index is 0.139. The summed E-state index contributed by atoms with van der Waals surface area (Å²) in [6.45, 7) is 0. The van der Waals surface area contributed by atoms with Crippen LogP contribution in [0, 0.1) is 0 Å². The van der Waals surface area contributed by atoms with Crippen LogP contribution in [-0.4, -0.2) is 17.5 Å². The molecule has 2 aliphatic rings. The Balaban J connectivity index is 2.26. The minimum atomic E-state index is -0.231. The number of aliphatic imine (C=N–C) groups is 2. The van der Waals surface area contributed by atoms with Crippen LogP contribution >= 0.6 is 0 Å². The number of hydrogen-bond donors (Lipinski definition) is 1. The largest absolute Gasteiger partial charge is 0.481 e. The number of aliphatic hydroxyl groups is 1. The molecule has 0 unspecified atom stereocenters. The molecule has 5 heteroatoms. The monoisotopic (exact) mass is 178 g/mol. The second-order valence-corrected chi connectivity index (χ2v) is 2.22. The molecule has 5 nitrogen and oxygen atoms in total. The Kier molecular flexibility index (Phi) is 1.84. The van der Waals surface area contributed by atoms with Crippen LogP contribution < -0.4 is 0 Å². The van der Waals surface area contributed by atoms with Gasteiger partial charge in [0, 0.05) is 18.5 Å². The molecular weight excluding hydrogens is 172 g/mol. The predicted molar refractivity (Wildman–Crippen MR) is 46.0 cm³/mol. The van der Waals surface area contributed by atoms with Crippen LogP contribution in [0.2, 0.25) is 0 Å². The van der Waals surface area contributed by atoms with Crippen LogP contribution in [0.1, 0.15) is 0 Å². The molecule has 0 amide bonds. The highest BCUT2D eigenvalue weighted by Gasteiger charge is 2.13. The molecule has 0 spiro atoms.